The van der Waals surface area contributed by atoms with Crippen LogP contribution in [0.3, 0.4) is 0 Å². The molecule has 0 spiro atoms. The van der Waals surface area contributed by atoms with Crippen LogP contribution in [0.2, 0.25) is 0 Å². The van der Waals surface area contributed by atoms with Gasteiger partial charge >= 0.3 is 5.97 Å². The molecule has 2 amide bonds. The van der Waals surface area contributed by atoms with Crippen molar-refractivity contribution in [2.45, 2.75) is 38.8 Å². The fraction of sp³-hybridized carbons (Fsp3) is 0.318. The Bertz CT molecular complexity index is 791. The first kappa shape index (κ1) is 21.2. The van der Waals surface area contributed by atoms with Gasteiger partial charge in [0.2, 0.25) is 5.91 Å². The van der Waals surface area contributed by atoms with Crippen LogP contribution in [-0.4, -0.2) is 28.9 Å². The molecule has 6 heteroatoms. The minimum atomic E-state index is -1.06. The maximum Gasteiger partial charge on any atom is 0.326 e. The SMILES string of the molecule is CC(C)CC(NC(=O)CC(NC(=O)c1ccccc1)c1ccccc1)C(=O)O. The molecule has 6 nitrogen and oxygen atoms in total. The molecule has 148 valence electrons. The van der Waals surface area contributed by atoms with Gasteiger partial charge in [0.05, 0.1) is 12.5 Å². The maximum absolute atomic E-state index is 12.5. The smallest absolute Gasteiger partial charge is 0.326 e. The van der Waals surface area contributed by atoms with Crippen molar-refractivity contribution in [2.24, 2.45) is 5.92 Å². The van der Waals surface area contributed by atoms with Gasteiger partial charge in [0.15, 0.2) is 0 Å². The monoisotopic (exact) mass is 382 g/mol. The second-order valence-corrected chi connectivity index (χ2v) is 7.09. The summed E-state index contributed by atoms with van der Waals surface area (Å²) in [5.74, 6) is -1.65. The fourth-order valence-electron chi connectivity index (χ4n) is 2.90. The van der Waals surface area contributed by atoms with Gasteiger partial charge in [0.25, 0.3) is 5.91 Å². The van der Waals surface area contributed by atoms with Gasteiger partial charge in [0, 0.05) is 5.56 Å². The first-order valence-electron chi connectivity index (χ1n) is 9.30. The lowest BCUT2D eigenvalue weighted by atomic mass is 10.0. The summed E-state index contributed by atoms with van der Waals surface area (Å²) >= 11 is 0. The molecule has 0 aliphatic rings. The van der Waals surface area contributed by atoms with Crippen molar-refractivity contribution < 1.29 is 19.5 Å². The summed E-state index contributed by atoms with van der Waals surface area (Å²) in [5.41, 5.74) is 1.27. The highest BCUT2D eigenvalue weighted by Crippen LogP contribution is 2.18. The van der Waals surface area contributed by atoms with E-state index in [1.165, 1.54) is 0 Å². The van der Waals surface area contributed by atoms with Crippen LogP contribution in [-0.2, 0) is 9.59 Å². The molecule has 0 fully saturated rings. The van der Waals surface area contributed by atoms with E-state index in [0.29, 0.717) is 12.0 Å². The summed E-state index contributed by atoms with van der Waals surface area (Å²) in [6.07, 6.45) is 0.290. The number of carbonyl (C=O) groups excluding carboxylic acids is 2. The molecule has 2 aromatic rings. The number of amides is 2. The molecule has 0 radical (unpaired) electrons. The number of carbonyl (C=O) groups is 3. The molecule has 0 aliphatic carbocycles. The van der Waals surface area contributed by atoms with Crippen LogP contribution in [0.15, 0.2) is 60.7 Å². The van der Waals surface area contributed by atoms with Gasteiger partial charge < -0.3 is 15.7 Å². The number of carboxylic acid groups (broad SMARTS) is 1. The first-order chi connectivity index (χ1) is 13.4. The molecule has 2 atom stereocenters. The molecular weight excluding hydrogens is 356 g/mol. The van der Waals surface area contributed by atoms with Crippen LogP contribution < -0.4 is 10.6 Å². The van der Waals surface area contributed by atoms with E-state index >= 15 is 0 Å². The van der Waals surface area contributed by atoms with Crippen LogP contribution in [0.25, 0.3) is 0 Å². The zero-order valence-corrected chi connectivity index (χ0v) is 16.1. The van der Waals surface area contributed by atoms with Crippen LogP contribution >= 0.6 is 0 Å². The molecule has 0 saturated heterocycles. The van der Waals surface area contributed by atoms with Crippen molar-refractivity contribution in [3.8, 4) is 0 Å². The Morgan fingerprint density at radius 2 is 1.46 bits per heavy atom. The first-order valence-corrected chi connectivity index (χ1v) is 9.30. The Morgan fingerprint density at radius 1 is 0.893 bits per heavy atom. The topological polar surface area (TPSA) is 95.5 Å². The third kappa shape index (κ3) is 6.54. The third-order valence-electron chi connectivity index (χ3n) is 4.27. The van der Waals surface area contributed by atoms with Gasteiger partial charge in [-0.25, -0.2) is 4.79 Å². The van der Waals surface area contributed by atoms with E-state index in [1.807, 2.05) is 50.2 Å². The number of benzene rings is 2. The molecule has 2 rings (SSSR count). The van der Waals surface area contributed by atoms with Crippen LogP contribution in [0.1, 0.15) is 48.7 Å². The van der Waals surface area contributed by atoms with Crippen molar-refractivity contribution in [2.75, 3.05) is 0 Å². The number of hydrogen-bond donors (Lipinski definition) is 3. The minimum Gasteiger partial charge on any atom is -0.480 e. The Hall–Kier alpha value is -3.15. The Labute approximate surface area is 165 Å². The van der Waals surface area contributed by atoms with Crippen molar-refractivity contribution in [3.63, 3.8) is 0 Å². The molecule has 0 aliphatic heterocycles. The van der Waals surface area contributed by atoms with Crippen LogP contribution in [0, 0.1) is 5.92 Å². The second kappa shape index (κ2) is 10.3. The van der Waals surface area contributed by atoms with Crippen LogP contribution in [0.5, 0.6) is 0 Å². The van der Waals surface area contributed by atoms with Gasteiger partial charge in [-0.3, -0.25) is 9.59 Å². The normalized spacial score (nSPS) is 12.8. The number of carboxylic acids is 1. The Morgan fingerprint density at radius 3 is 2.00 bits per heavy atom. The average molecular weight is 382 g/mol. The lowest BCUT2D eigenvalue weighted by molar-refractivity contribution is -0.142. The van der Waals surface area contributed by atoms with E-state index in [4.69, 9.17) is 0 Å². The average Bonchev–Trinajstić information content (AvgIpc) is 2.67. The predicted octanol–water partition coefficient (Wildman–Crippen LogP) is 3.16. The summed E-state index contributed by atoms with van der Waals surface area (Å²) in [4.78, 5) is 36.5. The highest BCUT2D eigenvalue weighted by Gasteiger charge is 2.24. The molecule has 0 aromatic heterocycles. The van der Waals surface area contributed by atoms with Gasteiger partial charge in [-0.2, -0.15) is 0 Å². The van der Waals surface area contributed by atoms with E-state index < -0.39 is 24.0 Å². The Balaban J connectivity index is 2.12. The Kier molecular flexibility index (Phi) is 7.75. The summed E-state index contributed by atoms with van der Waals surface area (Å²) in [5, 5.41) is 14.8. The molecular formula is C22H26N2O4. The minimum absolute atomic E-state index is 0.0511. The molecule has 0 bridgehead atoms. The molecule has 28 heavy (non-hydrogen) atoms. The van der Waals surface area contributed by atoms with Gasteiger partial charge in [-0.05, 0) is 30.0 Å². The number of hydrogen-bond acceptors (Lipinski definition) is 3. The summed E-state index contributed by atoms with van der Waals surface area (Å²) < 4.78 is 0. The molecule has 0 heterocycles. The van der Waals surface area contributed by atoms with Gasteiger partial charge in [0.1, 0.15) is 6.04 Å². The van der Waals surface area contributed by atoms with Gasteiger partial charge in [-0.1, -0.05) is 62.4 Å². The second-order valence-electron chi connectivity index (χ2n) is 7.09. The highest BCUT2D eigenvalue weighted by atomic mass is 16.4. The zero-order valence-electron chi connectivity index (χ0n) is 16.1. The van der Waals surface area contributed by atoms with Crippen molar-refractivity contribution >= 4 is 17.8 Å². The quantitative estimate of drug-likeness (QED) is 0.621. The number of aliphatic carboxylic acids is 1. The lowest BCUT2D eigenvalue weighted by Gasteiger charge is -2.21. The van der Waals surface area contributed by atoms with Crippen molar-refractivity contribution in [1.29, 1.82) is 0 Å². The van der Waals surface area contributed by atoms with Crippen molar-refractivity contribution in [1.82, 2.24) is 10.6 Å². The molecule has 3 N–H and O–H groups in total. The van der Waals surface area contributed by atoms with E-state index in [2.05, 4.69) is 10.6 Å². The standard InChI is InChI=1S/C22H26N2O4/c1-15(2)13-19(22(27)28)23-20(25)14-18(16-9-5-3-6-10-16)24-21(26)17-11-7-4-8-12-17/h3-12,15,18-19H,13-14H2,1-2H3,(H,23,25)(H,24,26)(H,27,28). The maximum atomic E-state index is 12.5. The number of nitrogens with one attached hydrogen (secondary N) is 2. The summed E-state index contributed by atoms with van der Waals surface area (Å²) in [6.45, 7) is 3.80. The van der Waals surface area contributed by atoms with E-state index in [0.717, 1.165) is 5.56 Å². The number of rotatable bonds is 9. The van der Waals surface area contributed by atoms with Crippen molar-refractivity contribution in [3.05, 3.63) is 71.8 Å². The van der Waals surface area contributed by atoms with E-state index in [-0.39, 0.29) is 18.2 Å². The zero-order chi connectivity index (χ0) is 20.5. The molecule has 2 aromatic carbocycles. The largest absolute Gasteiger partial charge is 0.480 e. The summed E-state index contributed by atoms with van der Waals surface area (Å²) in [7, 11) is 0. The highest BCUT2D eigenvalue weighted by molar-refractivity contribution is 5.94. The lowest BCUT2D eigenvalue weighted by Crippen LogP contribution is -2.43. The van der Waals surface area contributed by atoms with E-state index in [9.17, 15) is 19.5 Å². The predicted molar refractivity (Wildman–Crippen MR) is 107 cm³/mol. The summed E-state index contributed by atoms with van der Waals surface area (Å²) in [6, 6.07) is 16.4. The molecule has 2 unspecified atom stereocenters. The van der Waals surface area contributed by atoms with Crippen LogP contribution in [0.4, 0.5) is 0 Å². The molecule has 0 saturated carbocycles. The van der Waals surface area contributed by atoms with Gasteiger partial charge in [-0.15, -0.1) is 0 Å². The van der Waals surface area contributed by atoms with E-state index in [1.54, 1.807) is 24.3 Å². The third-order valence-corrected chi connectivity index (χ3v) is 4.27. The fourth-order valence-corrected chi connectivity index (χ4v) is 2.90.